The molecule has 0 saturated carbocycles. The van der Waals surface area contributed by atoms with E-state index in [1.54, 1.807) is 30.3 Å². The average molecular weight is 488 g/mol. The van der Waals surface area contributed by atoms with Crippen molar-refractivity contribution in [3.05, 3.63) is 126 Å². The van der Waals surface area contributed by atoms with Gasteiger partial charge in [0.05, 0.1) is 22.5 Å². The first-order valence-corrected chi connectivity index (χ1v) is 12.2. The maximum absolute atomic E-state index is 12.9. The summed E-state index contributed by atoms with van der Waals surface area (Å²) in [5, 5.41) is 13.5. The van der Waals surface area contributed by atoms with Gasteiger partial charge in [0.15, 0.2) is 0 Å². The lowest BCUT2D eigenvalue weighted by Crippen LogP contribution is -2.12. The molecule has 0 unspecified atom stereocenters. The van der Waals surface area contributed by atoms with E-state index in [1.807, 2.05) is 78.9 Å². The molecule has 5 rings (SSSR count). The Morgan fingerprint density at radius 3 is 2.39 bits per heavy atom. The lowest BCUT2D eigenvalue weighted by atomic mass is 10.2. The van der Waals surface area contributed by atoms with E-state index in [0.717, 1.165) is 26.4 Å². The van der Waals surface area contributed by atoms with E-state index in [0.29, 0.717) is 29.2 Å². The number of amides is 1. The predicted octanol–water partition coefficient (Wildman–Crippen LogP) is 7.09. The second-order valence-electron chi connectivity index (χ2n) is 7.97. The Hall–Kier alpha value is -4.60. The number of hydrogen-bond donors (Lipinski definition) is 1. The summed E-state index contributed by atoms with van der Waals surface area (Å²) in [5.41, 5.74) is 3.56. The first kappa shape index (κ1) is 23.2. The van der Waals surface area contributed by atoms with Crippen molar-refractivity contribution in [2.75, 3.05) is 5.32 Å². The Morgan fingerprint density at radius 1 is 0.833 bits per heavy atom. The Bertz CT molecular complexity index is 1580. The smallest absolute Gasteiger partial charge is 0.255 e. The largest absolute Gasteiger partial charge is 0.487 e. The van der Waals surface area contributed by atoms with Gasteiger partial charge >= 0.3 is 0 Å². The number of benzene rings is 4. The standard InChI is InChI=1S/C30H21N3O2S/c31-19-23-8-2-5-11-28(23)36-29-12-6-4-10-27(29)33-30(34)22-14-17-25(18-15-22)35-20-24-16-13-21-7-1-3-9-26(21)32-24/h1-18H,20H2,(H,33,34). The minimum Gasteiger partial charge on any atom is -0.487 e. The molecule has 0 aliphatic heterocycles. The molecule has 0 spiro atoms. The topological polar surface area (TPSA) is 75.0 Å². The van der Waals surface area contributed by atoms with Gasteiger partial charge in [0.25, 0.3) is 5.91 Å². The molecule has 0 aliphatic carbocycles. The molecule has 1 aromatic heterocycles. The minimum absolute atomic E-state index is 0.223. The summed E-state index contributed by atoms with van der Waals surface area (Å²) in [7, 11) is 0. The number of nitrogens with zero attached hydrogens (tertiary/aromatic N) is 2. The lowest BCUT2D eigenvalue weighted by Gasteiger charge is -2.12. The van der Waals surface area contributed by atoms with Gasteiger partial charge in [-0.2, -0.15) is 5.26 Å². The van der Waals surface area contributed by atoms with Crippen LogP contribution < -0.4 is 10.1 Å². The fraction of sp³-hybridized carbons (Fsp3) is 0.0333. The third-order valence-corrected chi connectivity index (χ3v) is 6.67. The molecule has 0 radical (unpaired) electrons. The van der Waals surface area contributed by atoms with Crippen LogP contribution in [0.4, 0.5) is 5.69 Å². The lowest BCUT2D eigenvalue weighted by molar-refractivity contribution is 0.102. The number of fused-ring (bicyclic) bond motifs is 1. The van der Waals surface area contributed by atoms with E-state index in [-0.39, 0.29) is 5.91 Å². The summed E-state index contributed by atoms with van der Waals surface area (Å²) >= 11 is 1.45. The van der Waals surface area contributed by atoms with Crippen LogP contribution in [0.3, 0.4) is 0 Å². The molecule has 1 heterocycles. The van der Waals surface area contributed by atoms with Crippen LogP contribution >= 0.6 is 11.8 Å². The molecule has 36 heavy (non-hydrogen) atoms. The van der Waals surface area contributed by atoms with Gasteiger partial charge in [-0.05, 0) is 60.7 Å². The van der Waals surface area contributed by atoms with Gasteiger partial charge in [0.2, 0.25) is 0 Å². The summed E-state index contributed by atoms with van der Waals surface area (Å²) in [5.74, 6) is 0.435. The Kier molecular flexibility index (Phi) is 6.93. The van der Waals surface area contributed by atoms with Crippen LogP contribution in [0.1, 0.15) is 21.6 Å². The minimum atomic E-state index is -0.223. The highest BCUT2D eigenvalue weighted by Gasteiger charge is 2.12. The van der Waals surface area contributed by atoms with E-state index in [2.05, 4.69) is 16.4 Å². The normalized spacial score (nSPS) is 10.5. The molecule has 5 aromatic rings. The summed E-state index contributed by atoms with van der Waals surface area (Å²) in [4.78, 5) is 19.3. The van der Waals surface area contributed by atoms with Crippen molar-refractivity contribution in [3.8, 4) is 11.8 Å². The quantitative estimate of drug-likeness (QED) is 0.265. The van der Waals surface area contributed by atoms with Crippen LogP contribution in [-0.4, -0.2) is 10.9 Å². The average Bonchev–Trinajstić information content (AvgIpc) is 2.93. The second-order valence-corrected chi connectivity index (χ2v) is 9.05. The third-order valence-electron chi connectivity index (χ3n) is 5.52. The molecule has 0 bridgehead atoms. The molecular weight excluding hydrogens is 466 g/mol. The first-order valence-electron chi connectivity index (χ1n) is 11.3. The number of nitriles is 1. The fourth-order valence-corrected chi connectivity index (χ4v) is 4.65. The zero-order valence-electron chi connectivity index (χ0n) is 19.2. The highest BCUT2D eigenvalue weighted by molar-refractivity contribution is 7.99. The monoisotopic (exact) mass is 487 g/mol. The van der Waals surface area contributed by atoms with E-state index in [9.17, 15) is 10.1 Å². The molecule has 0 fully saturated rings. The fourth-order valence-electron chi connectivity index (χ4n) is 3.67. The maximum atomic E-state index is 12.9. The zero-order chi connectivity index (χ0) is 24.7. The molecule has 1 N–H and O–H groups in total. The molecule has 174 valence electrons. The van der Waals surface area contributed by atoms with Crippen molar-refractivity contribution in [2.24, 2.45) is 0 Å². The Labute approximate surface area is 213 Å². The van der Waals surface area contributed by atoms with Crippen LogP contribution in [0.5, 0.6) is 5.75 Å². The van der Waals surface area contributed by atoms with Gasteiger partial charge in [-0.15, -0.1) is 0 Å². The molecule has 0 aliphatic rings. The highest BCUT2D eigenvalue weighted by atomic mass is 32.2. The molecule has 0 saturated heterocycles. The number of pyridine rings is 1. The second kappa shape index (κ2) is 10.8. The zero-order valence-corrected chi connectivity index (χ0v) is 20.0. The van der Waals surface area contributed by atoms with Crippen molar-refractivity contribution < 1.29 is 9.53 Å². The van der Waals surface area contributed by atoms with Gasteiger partial charge in [-0.25, -0.2) is 4.98 Å². The van der Waals surface area contributed by atoms with Crippen LogP contribution in [0.2, 0.25) is 0 Å². The number of anilines is 1. The number of ether oxygens (including phenoxy) is 1. The number of aromatic nitrogens is 1. The van der Waals surface area contributed by atoms with Crippen molar-refractivity contribution in [1.29, 1.82) is 5.26 Å². The molecule has 1 amide bonds. The van der Waals surface area contributed by atoms with E-state index in [1.165, 1.54) is 11.8 Å². The SMILES string of the molecule is N#Cc1ccccc1Sc1ccccc1NC(=O)c1ccc(OCc2ccc3ccccc3n2)cc1. The van der Waals surface area contributed by atoms with Crippen molar-refractivity contribution >= 4 is 34.3 Å². The summed E-state index contributed by atoms with van der Waals surface area (Å²) in [6.07, 6.45) is 0. The van der Waals surface area contributed by atoms with Crippen LogP contribution in [0, 0.1) is 11.3 Å². The van der Waals surface area contributed by atoms with Crippen LogP contribution in [0.15, 0.2) is 119 Å². The number of nitrogens with one attached hydrogen (secondary N) is 1. The molecule has 6 heteroatoms. The van der Waals surface area contributed by atoms with E-state index >= 15 is 0 Å². The van der Waals surface area contributed by atoms with E-state index in [4.69, 9.17) is 4.74 Å². The molecular formula is C30H21N3O2S. The maximum Gasteiger partial charge on any atom is 0.255 e. The number of para-hydroxylation sites is 2. The van der Waals surface area contributed by atoms with Crippen LogP contribution in [-0.2, 0) is 6.61 Å². The van der Waals surface area contributed by atoms with Gasteiger partial charge < -0.3 is 10.1 Å². The van der Waals surface area contributed by atoms with Gasteiger partial charge in [-0.1, -0.05) is 60.3 Å². The molecule has 4 aromatic carbocycles. The number of carbonyl (C=O) groups excluding carboxylic acids is 1. The third kappa shape index (κ3) is 5.38. The highest BCUT2D eigenvalue weighted by Crippen LogP contribution is 2.35. The van der Waals surface area contributed by atoms with Crippen molar-refractivity contribution in [3.63, 3.8) is 0 Å². The van der Waals surface area contributed by atoms with Crippen LogP contribution in [0.25, 0.3) is 10.9 Å². The first-order chi connectivity index (χ1) is 17.7. The molecule has 5 nitrogen and oxygen atoms in total. The van der Waals surface area contributed by atoms with Gasteiger partial charge in [0, 0.05) is 20.7 Å². The number of rotatable bonds is 7. The Morgan fingerprint density at radius 2 is 1.56 bits per heavy atom. The molecule has 0 atom stereocenters. The van der Waals surface area contributed by atoms with E-state index < -0.39 is 0 Å². The number of carbonyl (C=O) groups is 1. The van der Waals surface area contributed by atoms with Gasteiger partial charge in [0.1, 0.15) is 18.4 Å². The Balaban J connectivity index is 1.24. The summed E-state index contributed by atoms with van der Waals surface area (Å²) in [6, 6.07) is 36.1. The van der Waals surface area contributed by atoms with Crippen molar-refractivity contribution in [1.82, 2.24) is 4.98 Å². The number of hydrogen-bond acceptors (Lipinski definition) is 5. The summed E-state index contributed by atoms with van der Waals surface area (Å²) < 4.78 is 5.88. The van der Waals surface area contributed by atoms with Gasteiger partial charge in [-0.3, -0.25) is 4.79 Å². The van der Waals surface area contributed by atoms with Crippen molar-refractivity contribution in [2.45, 2.75) is 16.4 Å². The summed E-state index contributed by atoms with van der Waals surface area (Å²) in [6.45, 7) is 0.338. The predicted molar refractivity (Wildman–Crippen MR) is 142 cm³/mol.